The van der Waals surface area contributed by atoms with Gasteiger partial charge in [0.25, 0.3) is 5.78 Å². The molecule has 0 radical (unpaired) electrons. The Hall–Kier alpha value is -4.17. The standard InChI is InChI=1S/C27H22N2O5S/c1-15-8-10-16(11-9-15)24(30)22-23(18-14-17(33-2)12-13-20(18)34-3)29(26(32)25(22)31)27-28-19-6-4-5-7-21(19)35-27/h4-14,23,30H,1-3H3/t23-/m0/s1. The van der Waals surface area contributed by atoms with E-state index in [2.05, 4.69) is 4.98 Å². The number of para-hydroxylation sites is 1. The summed E-state index contributed by atoms with van der Waals surface area (Å²) in [5, 5.41) is 11.7. The van der Waals surface area contributed by atoms with Crippen molar-refractivity contribution in [2.45, 2.75) is 13.0 Å². The van der Waals surface area contributed by atoms with Gasteiger partial charge in [-0.15, -0.1) is 0 Å². The highest BCUT2D eigenvalue weighted by Gasteiger charge is 2.49. The van der Waals surface area contributed by atoms with Crippen LogP contribution in [-0.4, -0.2) is 36.0 Å². The van der Waals surface area contributed by atoms with E-state index in [0.717, 1.165) is 10.3 Å². The van der Waals surface area contributed by atoms with Gasteiger partial charge in [-0.1, -0.05) is 53.3 Å². The fourth-order valence-electron chi connectivity index (χ4n) is 4.21. The summed E-state index contributed by atoms with van der Waals surface area (Å²) >= 11 is 1.30. The number of aliphatic hydroxyl groups excluding tert-OH is 1. The number of ketones is 1. The molecule has 1 N–H and O–H groups in total. The molecule has 0 unspecified atom stereocenters. The lowest BCUT2D eigenvalue weighted by molar-refractivity contribution is -0.132. The average Bonchev–Trinajstić information content (AvgIpc) is 3.42. The molecule has 2 heterocycles. The van der Waals surface area contributed by atoms with Crippen molar-refractivity contribution < 1.29 is 24.2 Å². The molecule has 1 aromatic heterocycles. The van der Waals surface area contributed by atoms with Gasteiger partial charge in [-0.25, -0.2) is 4.98 Å². The first-order chi connectivity index (χ1) is 16.9. The minimum Gasteiger partial charge on any atom is -0.507 e. The maximum Gasteiger partial charge on any atom is 0.301 e. The van der Waals surface area contributed by atoms with Crippen LogP contribution in [0.4, 0.5) is 5.13 Å². The molecular weight excluding hydrogens is 464 g/mol. The number of fused-ring (bicyclic) bond motifs is 1. The normalized spacial score (nSPS) is 17.2. The fourth-order valence-corrected chi connectivity index (χ4v) is 5.20. The number of aryl methyl sites for hydroxylation is 1. The van der Waals surface area contributed by atoms with Gasteiger partial charge in [-0.3, -0.25) is 14.5 Å². The van der Waals surface area contributed by atoms with Crippen molar-refractivity contribution in [2.75, 3.05) is 19.1 Å². The molecule has 1 atom stereocenters. The summed E-state index contributed by atoms with van der Waals surface area (Å²) < 4.78 is 11.9. The molecule has 1 aliphatic heterocycles. The molecule has 35 heavy (non-hydrogen) atoms. The van der Waals surface area contributed by atoms with Crippen LogP contribution in [0.2, 0.25) is 0 Å². The van der Waals surface area contributed by atoms with Crippen molar-refractivity contribution in [3.63, 3.8) is 0 Å². The second kappa shape index (κ2) is 8.88. The van der Waals surface area contributed by atoms with E-state index in [1.54, 1.807) is 30.3 Å². The van der Waals surface area contributed by atoms with Gasteiger partial charge in [0, 0.05) is 11.1 Å². The number of hydrogen-bond acceptors (Lipinski definition) is 7. The maximum atomic E-state index is 13.4. The summed E-state index contributed by atoms with van der Waals surface area (Å²) in [6.07, 6.45) is 0. The second-order valence-corrected chi connectivity index (χ2v) is 9.12. The van der Waals surface area contributed by atoms with Crippen molar-refractivity contribution in [2.24, 2.45) is 0 Å². The van der Waals surface area contributed by atoms with Crippen LogP contribution in [0.15, 0.2) is 72.3 Å². The zero-order valence-corrected chi connectivity index (χ0v) is 20.1. The number of thiazole rings is 1. The average molecular weight is 487 g/mol. The van der Waals surface area contributed by atoms with E-state index in [1.165, 1.54) is 30.5 Å². The van der Waals surface area contributed by atoms with Gasteiger partial charge in [0.1, 0.15) is 23.3 Å². The van der Waals surface area contributed by atoms with Crippen LogP contribution in [0.5, 0.6) is 11.5 Å². The third kappa shape index (κ3) is 3.81. The van der Waals surface area contributed by atoms with E-state index in [0.29, 0.717) is 33.3 Å². The molecule has 176 valence electrons. The summed E-state index contributed by atoms with van der Waals surface area (Å²) in [7, 11) is 3.04. The largest absolute Gasteiger partial charge is 0.507 e. The molecule has 5 rings (SSSR count). The maximum absolute atomic E-state index is 13.4. The van der Waals surface area contributed by atoms with E-state index >= 15 is 0 Å². The first kappa shape index (κ1) is 22.6. The van der Waals surface area contributed by atoms with Crippen molar-refractivity contribution in [3.05, 3.63) is 89.0 Å². The number of rotatable bonds is 5. The van der Waals surface area contributed by atoms with Crippen LogP contribution in [0.1, 0.15) is 22.7 Å². The van der Waals surface area contributed by atoms with Crippen LogP contribution in [0, 0.1) is 6.92 Å². The van der Waals surface area contributed by atoms with E-state index < -0.39 is 17.7 Å². The molecule has 1 fully saturated rings. The lowest BCUT2D eigenvalue weighted by atomic mass is 9.94. The zero-order valence-electron chi connectivity index (χ0n) is 19.3. The van der Waals surface area contributed by atoms with Crippen molar-refractivity contribution in [1.29, 1.82) is 0 Å². The smallest absolute Gasteiger partial charge is 0.301 e. The second-order valence-electron chi connectivity index (χ2n) is 8.11. The number of Topliss-reactive ketones (excluding diaryl/α,β-unsaturated/α-hetero) is 1. The molecule has 1 amide bonds. The Morgan fingerprint density at radius 1 is 1.00 bits per heavy atom. The lowest BCUT2D eigenvalue weighted by Gasteiger charge is -2.25. The number of aliphatic hydroxyl groups is 1. The molecule has 0 saturated carbocycles. The number of ether oxygens (including phenoxy) is 2. The predicted molar refractivity (Wildman–Crippen MR) is 135 cm³/mol. The summed E-state index contributed by atoms with van der Waals surface area (Å²) in [5.41, 5.74) is 2.61. The molecule has 8 heteroatoms. The minimum atomic E-state index is -0.970. The number of hydrogen-bond donors (Lipinski definition) is 1. The molecule has 0 aliphatic carbocycles. The minimum absolute atomic E-state index is 0.0373. The van der Waals surface area contributed by atoms with Crippen molar-refractivity contribution in [1.82, 2.24) is 4.98 Å². The molecular formula is C27H22N2O5S. The Kier molecular flexibility index (Phi) is 5.74. The Morgan fingerprint density at radius 3 is 2.43 bits per heavy atom. The number of anilines is 1. The summed E-state index contributed by atoms with van der Waals surface area (Å²) in [6, 6.07) is 18.8. The van der Waals surface area contributed by atoms with Gasteiger partial charge < -0.3 is 14.6 Å². The Balaban J connectivity index is 1.78. The van der Waals surface area contributed by atoms with E-state index in [-0.39, 0.29) is 11.3 Å². The molecule has 0 bridgehead atoms. The van der Waals surface area contributed by atoms with E-state index in [1.807, 2.05) is 43.3 Å². The predicted octanol–water partition coefficient (Wildman–Crippen LogP) is 5.25. The van der Waals surface area contributed by atoms with Gasteiger partial charge in [0.15, 0.2) is 5.13 Å². The first-order valence-corrected chi connectivity index (χ1v) is 11.7. The van der Waals surface area contributed by atoms with Crippen LogP contribution < -0.4 is 14.4 Å². The Bertz CT molecular complexity index is 1460. The molecule has 7 nitrogen and oxygen atoms in total. The Morgan fingerprint density at radius 2 is 1.74 bits per heavy atom. The molecule has 3 aromatic carbocycles. The molecule has 0 spiro atoms. The van der Waals surface area contributed by atoms with Gasteiger partial charge in [-0.2, -0.15) is 0 Å². The van der Waals surface area contributed by atoms with E-state index in [9.17, 15) is 14.7 Å². The van der Waals surface area contributed by atoms with Gasteiger partial charge in [0.2, 0.25) is 0 Å². The zero-order chi connectivity index (χ0) is 24.7. The third-order valence-electron chi connectivity index (χ3n) is 5.99. The first-order valence-electron chi connectivity index (χ1n) is 10.9. The van der Waals surface area contributed by atoms with Crippen molar-refractivity contribution in [3.8, 4) is 11.5 Å². The van der Waals surface area contributed by atoms with E-state index in [4.69, 9.17) is 9.47 Å². The van der Waals surface area contributed by atoms with Crippen LogP contribution in [0.25, 0.3) is 16.0 Å². The number of carbonyl (C=O) groups excluding carboxylic acids is 2. The number of amides is 1. The fraction of sp³-hybridized carbons (Fsp3) is 0.148. The summed E-state index contributed by atoms with van der Waals surface area (Å²) in [5.74, 6) is -0.865. The topological polar surface area (TPSA) is 89.0 Å². The van der Waals surface area contributed by atoms with Gasteiger partial charge >= 0.3 is 5.91 Å². The SMILES string of the molecule is COc1ccc(OC)c([C@H]2C(=C(O)c3ccc(C)cc3)C(=O)C(=O)N2c2nc3ccccc3s2)c1. The van der Waals surface area contributed by atoms with Crippen molar-refractivity contribution >= 4 is 44.1 Å². The van der Waals surface area contributed by atoms with Crippen LogP contribution >= 0.6 is 11.3 Å². The highest BCUT2D eigenvalue weighted by Crippen LogP contribution is 2.47. The van der Waals surface area contributed by atoms with Crippen LogP contribution in [-0.2, 0) is 9.59 Å². The highest BCUT2D eigenvalue weighted by molar-refractivity contribution is 7.22. The number of methoxy groups -OCH3 is 2. The number of benzene rings is 3. The molecule has 1 saturated heterocycles. The third-order valence-corrected chi connectivity index (χ3v) is 7.03. The molecule has 4 aromatic rings. The highest BCUT2D eigenvalue weighted by atomic mass is 32.1. The number of nitrogens with zero attached hydrogens (tertiary/aromatic N) is 2. The molecule has 1 aliphatic rings. The number of carbonyl (C=O) groups is 2. The van der Waals surface area contributed by atoms with Gasteiger partial charge in [-0.05, 0) is 37.3 Å². The number of aromatic nitrogens is 1. The van der Waals surface area contributed by atoms with Gasteiger partial charge in [0.05, 0.1) is 30.0 Å². The summed E-state index contributed by atoms with van der Waals surface area (Å²) in [4.78, 5) is 32.8. The Labute approximate surface area is 205 Å². The van der Waals surface area contributed by atoms with Crippen LogP contribution in [0.3, 0.4) is 0 Å². The lowest BCUT2D eigenvalue weighted by Crippen LogP contribution is -2.29. The monoisotopic (exact) mass is 486 g/mol. The quantitative estimate of drug-likeness (QED) is 0.236. The summed E-state index contributed by atoms with van der Waals surface area (Å²) in [6.45, 7) is 1.93.